The number of nitrogens with zero attached hydrogens (tertiary/aromatic N) is 1. The summed E-state index contributed by atoms with van der Waals surface area (Å²) in [6.07, 6.45) is 6.70. The first-order valence-electron chi connectivity index (χ1n) is 6.95. The maximum atomic E-state index is 12.2. The molecule has 0 aliphatic heterocycles. The fourth-order valence-corrected chi connectivity index (χ4v) is 1.73. The van der Waals surface area contributed by atoms with Gasteiger partial charge in [0.2, 0.25) is 5.91 Å². The summed E-state index contributed by atoms with van der Waals surface area (Å²) in [6, 6.07) is 9.55. The number of carbonyl (C=O) groups is 2. The Morgan fingerprint density at radius 3 is 2.52 bits per heavy atom. The van der Waals surface area contributed by atoms with Crippen LogP contribution in [0.1, 0.15) is 19.4 Å². The lowest BCUT2D eigenvalue weighted by Crippen LogP contribution is -2.35. The van der Waals surface area contributed by atoms with Gasteiger partial charge < -0.3 is 9.64 Å². The second kappa shape index (κ2) is 9.53. The fraction of sp³-hybridized carbons (Fsp3) is 0.294. The fourth-order valence-electron chi connectivity index (χ4n) is 1.73. The molecule has 0 aliphatic carbocycles. The first-order valence-corrected chi connectivity index (χ1v) is 6.95. The standard InChI is InChI=1S/C17H21NO3/c1-3-5-7-12-16(19)18(14-17(20)21-4-2)13-15-10-8-6-9-11-15/h3,5-12H,4,13-14H2,1-2H3/b5-3?,12-7+. The molecule has 0 saturated heterocycles. The third-order valence-corrected chi connectivity index (χ3v) is 2.70. The smallest absolute Gasteiger partial charge is 0.325 e. The molecule has 0 atom stereocenters. The van der Waals surface area contributed by atoms with Gasteiger partial charge in [0.05, 0.1) is 6.61 Å². The summed E-state index contributed by atoms with van der Waals surface area (Å²) in [7, 11) is 0. The molecule has 1 amide bonds. The normalized spacial score (nSPS) is 11.0. The van der Waals surface area contributed by atoms with Crippen LogP contribution in [-0.4, -0.2) is 29.9 Å². The van der Waals surface area contributed by atoms with E-state index in [1.165, 1.54) is 11.0 Å². The Morgan fingerprint density at radius 1 is 1.19 bits per heavy atom. The highest BCUT2D eigenvalue weighted by Crippen LogP contribution is 2.06. The molecule has 0 fully saturated rings. The van der Waals surface area contributed by atoms with E-state index in [1.807, 2.05) is 43.3 Å². The van der Waals surface area contributed by atoms with E-state index in [9.17, 15) is 9.59 Å². The number of hydrogen-bond acceptors (Lipinski definition) is 3. The van der Waals surface area contributed by atoms with Crippen LogP contribution in [0.25, 0.3) is 0 Å². The molecule has 0 aromatic heterocycles. The molecule has 1 aromatic rings. The molecule has 0 saturated carbocycles. The summed E-state index contributed by atoms with van der Waals surface area (Å²) < 4.78 is 4.91. The van der Waals surface area contributed by atoms with Crippen LogP contribution in [0.5, 0.6) is 0 Å². The summed E-state index contributed by atoms with van der Waals surface area (Å²) in [5.41, 5.74) is 0.967. The summed E-state index contributed by atoms with van der Waals surface area (Å²) in [4.78, 5) is 25.2. The number of ether oxygens (including phenoxy) is 1. The Kier molecular flexibility index (Phi) is 7.58. The van der Waals surface area contributed by atoms with Gasteiger partial charge in [0.1, 0.15) is 6.54 Å². The summed E-state index contributed by atoms with van der Waals surface area (Å²) in [5, 5.41) is 0. The number of hydrogen-bond donors (Lipinski definition) is 0. The molecule has 0 aliphatic rings. The highest BCUT2D eigenvalue weighted by Gasteiger charge is 2.16. The molecule has 0 radical (unpaired) electrons. The van der Waals surface area contributed by atoms with Crippen LogP contribution >= 0.6 is 0 Å². The van der Waals surface area contributed by atoms with Crippen molar-refractivity contribution in [2.45, 2.75) is 20.4 Å². The minimum atomic E-state index is -0.402. The Hall–Kier alpha value is -2.36. The second-order valence-corrected chi connectivity index (χ2v) is 4.37. The predicted molar refractivity (Wildman–Crippen MR) is 82.4 cm³/mol. The van der Waals surface area contributed by atoms with Crippen LogP contribution in [0.15, 0.2) is 54.6 Å². The average molecular weight is 287 g/mol. The maximum absolute atomic E-state index is 12.2. The van der Waals surface area contributed by atoms with Gasteiger partial charge in [-0.3, -0.25) is 9.59 Å². The SMILES string of the molecule is CC=C/C=C/C(=O)N(CC(=O)OCC)Cc1ccccc1. The van der Waals surface area contributed by atoms with Gasteiger partial charge in [-0.05, 0) is 19.4 Å². The van der Waals surface area contributed by atoms with Crippen molar-refractivity contribution in [2.24, 2.45) is 0 Å². The number of amides is 1. The quantitative estimate of drug-likeness (QED) is 0.440. The monoisotopic (exact) mass is 287 g/mol. The van der Waals surface area contributed by atoms with Crippen LogP contribution in [0.3, 0.4) is 0 Å². The van der Waals surface area contributed by atoms with Crippen LogP contribution in [0.4, 0.5) is 0 Å². The van der Waals surface area contributed by atoms with Gasteiger partial charge in [-0.2, -0.15) is 0 Å². The Bertz CT molecular complexity index is 506. The van der Waals surface area contributed by atoms with Gasteiger partial charge in [0.15, 0.2) is 0 Å². The van der Waals surface area contributed by atoms with Crippen LogP contribution in [-0.2, 0) is 20.9 Å². The van der Waals surface area contributed by atoms with Gasteiger partial charge in [-0.1, -0.05) is 48.6 Å². The molecule has 21 heavy (non-hydrogen) atoms. The lowest BCUT2D eigenvalue weighted by molar-refractivity contribution is -0.148. The predicted octanol–water partition coefficient (Wildman–Crippen LogP) is 2.71. The van der Waals surface area contributed by atoms with Crippen LogP contribution in [0, 0.1) is 0 Å². The van der Waals surface area contributed by atoms with Crippen molar-refractivity contribution in [1.82, 2.24) is 4.90 Å². The van der Waals surface area contributed by atoms with Gasteiger partial charge in [0, 0.05) is 12.6 Å². The molecule has 0 spiro atoms. The van der Waals surface area contributed by atoms with E-state index in [1.54, 1.807) is 19.1 Å². The van der Waals surface area contributed by atoms with Gasteiger partial charge in [-0.15, -0.1) is 0 Å². The zero-order valence-electron chi connectivity index (χ0n) is 12.5. The third kappa shape index (κ3) is 6.56. The van der Waals surface area contributed by atoms with Crippen molar-refractivity contribution in [3.8, 4) is 0 Å². The third-order valence-electron chi connectivity index (χ3n) is 2.70. The number of benzene rings is 1. The number of allylic oxidation sites excluding steroid dienone is 3. The zero-order chi connectivity index (χ0) is 15.5. The summed E-state index contributed by atoms with van der Waals surface area (Å²) in [5.74, 6) is -0.619. The van der Waals surface area contributed by atoms with Crippen molar-refractivity contribution >= 4 is 11.9 Å². The minimum absolute atomic E-state index is 0.0538. The highest BCUT2D eigenvalue weighted by atomic mass is 16.5. The lowest BCUT2D eigenvalue weighted by atomic mass is 10.2. The van der Waals surface area contributed by atoms with Gasteiger partial charge >= 0.3 is 5.97 Å². The molecule has 4 nitrogen and oxygen atoms in total. The number of esters is 1. The van der Waals surface area contributed by atoms with Gasteiger partial charge in [0.25, 0.3) is 0 Å². The molecule has 0 unspecified atom stereocenters. The molecule has 1 rings (SSSR count). The lowest BCUT2D eigenvalue weighted by Gasteiger charge is -2.20. The molecule has 0 heterocycles. The highest BCUT2D eigenvalue weighted by molar-refractivity contribution is 5.90. The molecule has 0 N–H and O–H groups in total. The maximum Gasteiger partial charge on any atom is 0.325 e. The molecule has 112 valence electrons. The van der Waals surface area contributed by atoms with E-state index < -0.39 is 5.97 Å². The minimum Gasteiger partial charge on any atom is -0.465 e. The second-order valence-electron chi connectivity index (χ2n) is 4.37. The molecule has 0 bridgehead atoms. The van der Waals surface area contributed by atoms with Gasteiger partial charge in [-0.25, -0.2) is 0 Å². The topological polar surface area (TPSA) is 46.6 Å². The zero-order valence-corrected chi connectivity index (χ0v) is 12.5. The van der Waals surface area contributed by atoms with E-state index in [0.29, 0.717) is 13.2 Å². The summed E-state index contributed by atoms with van der Waals surface area (Å²) >= 11 is 0. The van der Waals surface area contributed by atoms with E-state index >= 15 is 0 Å². The first-order chi connectivity index (χ1) is 10.2. The molecule has 1 aromatic carbocycles. The number of rotatable bonds is 7. The Labute approximate surface area is 125 Å². The Balaban J connectivity index is 2.78. The van der Waals surface area contributed by atoms with E-state index in [0.717, 1.165) is 5.56 Å². The van der Waals surface area contributed by atoms with Crippen molar-refractivity contribution in [3.05, 3.63) is 60.2 Å². The van der Waals surface area contributed by atoms with E-state index in [-0.39, 0.29) is 12.5 Å². The number of carbonyl (C=O) groups excluding carboxylic acids is 2. The van der Waals surface area contributed by atoms with Crippen molar-refractivity contribution in [2.75, 3.05) is 13.2 Å². The van der Waals surface area contributed by atoms with Crippen molar-refractivity contribution in [1.29, 1.82) is 0 Å². The average Bonchev–Trinajstić information content (AvgIpc) is 2.48. The molecule has 4 heteroatoms. The Morgan fingerprint density at radius 2 is 1.90 bits per heavy atom. The van der Waals surface area contributed by atoms with E-state index in [2.05, 4.69) is 0 Å². The molecular formula is C17H21NO3. The van der Waals surface area contributed by atoms with Crippen LogP contribution < -0.4 is 0 Å². The summed E-state index contributed by atoms with van der Waals surface area (Å²) in [6.45, 7) is 4.24. The first kappa shape index (κ1) is 16.7. The van der Waals surface area contributed by atoms with Crippen molar-refractivity contribution < 1.29 is 14.3 Å². The van der Waals surface area contributed by atoms with Crippen molar-refractivity contribution in [3.63, 3.8) is 0 Å². The largest absolute Gasteiger partial charge is 0.465 e. The van der Waals surface area contributed by atoms with Crippen LogP contribution in [0.2, 0.25) is 0 Å². The van der Waals surface area contributed by atoms with E-state index in [4.69, 9.17) is 4.74 Å². The molecular weight excluding hydrogens is 266 g/mol.